The number of ether oxygens (including phenoxy) is 4. The third-order valence-electron chi connectivity index (χ3n) is 14.1. The molecule has 4 aliphatic carbocycles. The molecule has 7 unspecified atom stereocenters. The number of rotatable bonds is 7. The normalized spacial score (nSPS) is 52.7. The van der Waals surface area contributed by atoms with E-state index >= 15 is 0 Å². The van der Waals surface area contributed by atoms with E-state index < -0.39 is 102 Å². The molecular formula is C36H52O15. The average Bonchev–Trinajstić information content (AvgIpc) is 3.39. The molecule has 0 radical (unpaired) electrons. The molecule has 3 heterocycles. The van der Waals surface area contributed by atoms with E-state index in [0.29, 0.717) is 44.9 Å². The lowest BCUT2D eigenvalue weighted by Gasteiger charge is -2.65. The standard InChI is InChI=1S/C36H52O15/c1-17-30(51-32-28(43)26(41)25(40)23(14-37)50-32)27(42)29(44)31(48-17)49-19-5-10-34(16-38)21-6-9-33(2)20(18-3-4-24(39)47-15-18)8-12-36(33,46)22(21)7-11-35(34,45)13-19/h3-4,15-17,19-23,25-32,37,40-46H,5-14H2,1-2H3/t17?,19-,20+,21?,22+,23?,25+,26?,27?,28?,29?,30-,31-,32-,33+,34-,35-,36-/m0/s1. The summed E-state index contributed by atoms with van der Waals surface area (Å²) in [6, 6.07) is 3.17. The Kier molecular flexibility index (Phi) is 9.89. The molecule has 0 spiro atoms. The van der Waals surface area contributed by atoms with Gasteiger partial charge in [0.05, 0.1) is 41.7 Å². The van der Waals surface area contributed by atoms with E-state index in [1.54, 1.807) is 13.0 Å². The van der Waals surface area contributed by atoms with Crippen LogP contribution in [-0.4, -0.2) is 132 Å². The molecule has 2 saturated heterocycles. The monoisotopic (exact) mass is 724 g/mol. The molecule has 7 rings (SSSR count). The minimum atomic E-state index is -1.72. The van der Waals surface area contributed by atoms with Crippen LogP contribution in [0.5, 0.6) is 0 Å². The second kappa shape index (κ2) is 13.5. The molecule has 2 aliphatic heterocycles. The van der Waals surface area contributed by atoms with Gasteiger partial charge in [-0.2, -0.15) is 0 Å². The number of fused-ring (bicyclic) bond motifs is 5. The summed E-state index contributed by atoms with van der Waals surface area (Å²) in [6.45, 7) is 2.98. The highest BCUT2D eigenvalue weighted by Gasteiger charge is 2.71. The highest BCUT2D eigenvalue weighted by Crippen LogP contribution is 2.71. The van der Waals surface area contributed by atoms with Gasteiger partial charge in [-0.15, -0.1) is 0 Å². The average molecular weight is 725 g/mol. The molecule has 0 amide bonds. The molecule has 18 atom stereocenters. The Morgan fingerprint density at radius 3 is 2.24 bits per heavy atom. The Bertz CT molecular complexity index is 1470. The Morgan fingerprint density at radius 1 is 0.843 bits per heavy atom. The van der Waals surface area contributed by atoms with Crippen molar-refractivity contribution in [2.24, 2.45) is 22.7 Å². The van der Waals surface area contributed by atoms with Gasteiger partial charge in [-0.3, -0.25) is 0 Å². The summed E-state index contributed by atoms with van der Waals surface area (Å²) in [5.74, 6) is -0.509. The maximum Gasteiger partial charge on any atom is 0.335 e. The predicted molar refractivity (Wildman–Crippen MR) is 173 cm³/mol. The maximum absolute atomic E-state index is 13.2. The molecule has 15 nitrogen and oxygen atoms in total. The highest BCUT2D eigenvalue weighted by molar-refractivity contribution is 5.64. The fraction of sp³-hybridized carbons (Fsp3) is 0.833. The van der Waals surface area contributed by atoms with Gasteiger partial charge in [0.2, 0.25) is 0 Å². The lowest BCUT2D eigenvalue weighted by atomic mass is 9.41. The van der Waals surface area contributed by atoms with Crippen LogP contribution in [0, 0.1) is 22.7 Å². The molecule has 0 bridgehead atoms. The summed E-state index contributed by atoms with van der Waals surface area (Å²) >= 11 is 0. The van der Waals surface area contributed by atoms with E-state index in [4.69, 9.17) is 23.4 Å². The predicted octanol–water partition coefficient (Wildman–Crippen LogP) is -0.788. The summed E-state index contributed by atoms with van der Waals surface area (Å²) in [5, 5.41) is 87.1. The number of hydrogen-bond acceptors (Lipinski definition) is 15. The molecule has 0 aromatic carbocycles. The first-order chi connectivity index (χ1) is 24.1. The number of aliphatic hydroxyl groups excluding tert-OH is 6. The number of aldehydes is 1. The van der Waals surface area contributed by atoms with Gasteiger partial charge in [0, 0.05) is 17.9 Å². The zero-order valence-corrected chi connectivity index (χ0v) is 28.9. The van der Waals surface area contributed by atoms with E-state index in [0.717, 1.165) is 11.8 Å². The van der Waals surface area contributed by atoms with Crippen LogP contribution in [0.3, 0.4) is 0 Å². The van der Waals surface area contributed by atoms with Gasteiger partial charge >= 0.3 is 5.63 Å². The zero-order chi connectivity index (χ0) is 36.7. The SMILES string of the molecule is CC1O[C@@H](O[C@H]2CC[C@]3(C=O)C4CC[C@]5(C)[C@@H](c6ccc(=O)oc6)CC[C@]5(O)[C@@H]4CC[C@]3(O)C2)C(O)C(O)[C@H]1O[C@@H]1OC(CO)[C@@H](O)C(O)C1O. The van der Waals surface area contributed by atoms with Crippen LogP contribution >= 0.6 is 0 Å². The van der Waals surface area contributed by atoms with Crippen molar-refractivity contribution in [3.8, 4) is 0 Å². The fourth-order valence-corrected chi connectivity index (χ4v) is 11.2. The van der Waals surface area contributed by atoms with Crippen molar-refractivity contribution in [1.29, 1.82) is 0 Å². The van der Waals surface area contributed by atoms with Crippen LogP contribution in [0.25, 0.3) is 0 Å². The molecule has 51 heavy (non-hydrogen) atoms. The first kappa shape index (κ1) is 37.5. The molecule has 286 valence electrons. The number of hydrogen-bond donors (Lipinski definition) is 8. The van der Waals surface area contributed by atoms with Crippen molar-refractivity contribution >= 4 is 6.29 Å². The Hall–Kier alpha value is -1.86. The van der Waals surface area contributed by atoms with E-state index in [2.05, 4.69) is 6.92 Å². The van der Waals surface area contributed by atoms with Gasteiger partial charge in [-0.25, -0.2) is 4.79 Å². The van der Waals surface area contributed by atoms with Crippen molar-refractivity contribution in [2.45, 2.75) is 156 Å². The lowest BCUT2D eigenvalue weighted by molar-refractivity contribution is -0.361. The first-order valence-corrected chi connectivity index (χ1v) is 18.3. The van der Waals surface area contributed by atoms with Crippen LogP contribution in [0.2, 0.25) is 0 Å². The van der Waals surface area contributed by atoms with Gasteiger partial charge in [0.1, 0.15) is 49.0 Å². The molecule has 1 aromatic rings. The number of carbonyl (C=O) groups is 1. The van der Waals surface area contributed by atoms with Crippen LogP contribution in [0.1, 0.15) is 83.1 Å². The van der Waals surface area contributed by atoms with Gasteiger partial charge in [-0.1, -0.05) is 6.92 Å². The highest BCUT2D eigenvalue weighted by atomic mass is 16.7. The van der Waals surface area contributed by atoms with Gasteiger partial charge in [0.25, 0.3) is 0 Å². The zero-order valence-electron chi connectivity index (χ0n) is 28.9. The first-order valence-electron chi connectivity index (χ1n) is 18.3. The van der Waals surface area contributed by atoms with Gasteiger partial charge < -0.3 is 69.0 Å². The largest absolute Gasteiger partial charge is 0.431 e. The van der Waals surface area contributed by atoms with E-state index in [9.17, 15) is 50.4 Å². The van der Waals surface area contributed by atoms with Crippen LogP contribution in [-0.2, 0) is 23.7 Å². The van der Waals surface area contributed by atoms with E-state index in [-0.39, 0.29) is 30.6 Å². The molecule has 1 aromatic heterocycles. The second-order valence-corrected chi connectivity index (χ2v) is 16.3. The summed E-state index contributed by atoms with van der Waals surface area (Å²) < 4.78 is 28.4. The molecule has 8 N–H and O–H groups in total. The summed E-state index contributed by atoms with van der Waals surface area (Å²) in [6.07, 6.45) is -8.77. The van der Waals surface area contributed by atoms with Crippen molar-refractivity contribution in [3.05, 3.63) is 34.4 Å². The number of aliphatic hydroxyl groups is 8. The summed E-state index contributed by atoms with van der Waals surface area (Å²) in [7, 11) is 0. The summed E-state index contributed by atoms with van der Waals surface area (Å²) in [5.41, 5.74) is -3.71. The quantitative estimate of drug-likeness (QED) is 0.127. The van der Waals surface area contributed by atoms with Crippen LogP contribution in [0.4, 0.5) is 0 Å². The Labute approximate surface area is 295 Å². The molecule has 6 fully saturated rings. The Morgan fingerprint density at radius 2 is 1.55 bits per heavy atom. The van der Waals surface area contributed by atoms with Crippen molar-refractivity contribution in [2.75, 3.05) is 6.61 Å². The van der Waals surface area contributed by atoms with Crippen molar-refractivity contribution in [3.63, 3.8) is 0 Å². The molecule has 6 aliphatic rings. The van der Waals surface area contributed by atoms with Crippen molar-refractivity contribution in [1.82, 2.24) is 0 Å². The van der Waals surface area contributed by atoms with Gasteiger partial charge in [-0.05, 0) is 87.7 Å². The van der Waals surface area contributed by atoms with Crippen LogP contribution in [0.15, 0.2) is 27.6 Å². The smallest absolute Gasteiger partial charge is 0.335 e. The minimum Gasteiger partial charge on any atom is -0.431 e. The van der Waals surface area contributed by atoms with Crippen molar-refractivity contribution < 1.29 is 69.0 Å². The number of carbonyl (C=O) groups excluding carboxylic acids is 1. The third kappa shape index (κ3) is 5.70. The summed E-state index contributed by atoms with van der Waals surface area (Å²) in [4.78, 5) is 24.8. The molecule has 4 saturated carbocycles. The van der Waals surface area contributed by atoms with Gasteiger partial charge in [0.15, 0.2) is 12.6 Å². The topological polar surface area (TPSA) is 246 Å². The third-order valence-corrected chi connectivity index (χ3v) is 14.1. The molecule has 15 heteroatoms. The Balaban J connectivity index is 1.03. The minimum absolute atomic E-state index is 0.0215. The van der Waals surface area contributed by atoms with E-state index in [1.807, 2.05) is 0 Å². The van der Waals surface area contributed by atoms with E-state index in [1.165, 1.54) is 12.3 Å². The maximum atomic E-state index is 13.2. The van der Waals surface area contributed by atoms with Crippen LogP contribution < -0.4 is 5.63 Å². The fourth-order valence-electron chi connectivity index (χ4n) is 11.2. The second-order valence-electron chi connectivity index (χ2n) is 16.3. The lowest BCUT2D eigenvalue weighted by Crippen LogP contribution is -2.69. The molecular weight excluding hydrogens is 672 g/mol.